The van der Waals surface area contributed by atoms with Crippen LogP contribution in [0.1, 0.15) is 13.8 Å². The molecule has 1 aromatic carbocycles. The molecule has 1 aromatic rings. The number of urea groups is 1. The molecule has 0 radical (unpaired) electrons. The number of anilines is 2. The van der Waals surface area contributed by atoms with E-state index in [1.54, 1.807) is 11.0 Å². The van der Waals surface area contributed by atoms with Crippen molar-refractivity contribution in [1.82, 2.24) is 9.80 Å². The van der Waals surface area contributed by atoms with Crippen LogP contribution in [0.25, 0.3) is 0 Å². The first kappa shape index (κ1) is 18.3. The van der Waals surface area contributed by atoms with E-state index >= 15 is 0 Å². The van der Waals surface area contributed by atoms with Gasteiger partial charge < -0.3 is 20.0 Å². The minimum atomic E-state index is -0.355. The van der Waals surface area contributed by atoms with Crippen molar-refractivity contribution in [3.05, 3.63) is 36.2 Å². The lowest BCUT2D eigenvalue weighted by Crippen LogP contribution is -2.45. The highest BCUT2D eigenvalue weighted by Gasteiger charge is 2.20. The summed E-state index contributed by atoms with van der Waals surface area (Å²) in [5, 5.41) is 2.87. The molecular formula is C18H27FN4O. The molecule has 1 N–H and O–H groups in total. The maximum atomic E-state index is 13.7. The Morgan fingerprint density at radius 1 is 1.33 bits per heavy atom. The van der Waals surface area contributed by atoms with E-state index in [0.29, 0.717) is 18.8 Å². The van der Waals surface area contributed by atoms with E-state index in [9.17, 15) is 9.18 Å². The smallest absolute Gasteiger partial charge is 0.322 e. The van der Waals surface area contributed by atoms with Gasteiger partial charge >= 0.3 is 6.03 Å². The quantitative estimate of drug-likeness (QED) is 0.842. The number of benzene rings is 1. The van der Waals surface area contributed by atoms with Crippen LogP contribution in [-0.2, 0) is 0 Å². The molecule has 1 saturated heterocycles. The number of amides is 2. The zero-order chi connectivity index (χ0) is 17.7. The molecule has 5 nitrogen and oxygen atoms in total. The molecule has 0 aromatic heterocycles. The molecule has 1 fully saturated rings. The molecule has 0 spiro atoms. The third kappa shape index (κ3) is 4.71. The van der Waals surface area contributed by atoms with Crippen molar-refractivity contribution < 1.29 is 9.18 Å². The maximum Gasteiger partial charge on any atom is 0.322 e. The van der Waals surface area contributed by atoms with Crippen LogP contribution in [0.5, 0.6) is 0 Å². The molecule has 24 heavy (non-hydrogen) atoms. The minimum Gasteiger partial charge on any atom is -0.367 e. The van der Waals surface area contributed by atoms with Gasteiger partial charge in [0, 0.05) is 39.3 Å². The predicted molar refractivity (Wildman–Crippen MR) is 97.2 cm³/mol. The molecule has 1 heterocycles. The monoisotopic (exact) mass is 334 g/mol. The summed E-state index contributed by atoms with van der Waals surface area (Å²) in [6, 6.07) is 4.33. The first-order chi connectivity index (χ1) is 11.4. The second-order valence-electron chi connectivity index (χ2n) is 6.35. The highest BCUT2D eigenvalue weighted by atomic mass is 19.1. The molecule has 0 unspecified atom stereocenters. The zero-order valence-electron chi connectivity index (χ0n) is 14.8. The van der Waals surface area contributed by atoms with Gasteiger partial charge in [0.25, 0.3) is 0 Å². The van der Waals surface area contributed by atoms with E-state index in [4.69, 9.17) is 0 Å². The molecule has 0 atom stereocenters. The lowest BCUT2D eigenvalue weighted by atomic mass is 10.2. The summed E-state index contributed by atoms with van der Waals surface area (Å²) in [6.07, 6.45) is 0. The van der Waals surface area contributed by atoms with Crippen molar-refractivity contribution in [2.45, 2.75) is 13.8 Å². The van der Waals surface area contributed by atoms with E-state index in [1.807, 2.05) is 13.8 Å². The largest absolute Gasteiger partial charge is 0.367 e. The fraction of sp³-hybridized carbons (Fsp3) is 0.500. The number of hydrogen-bond donors (Lipinski definition) is 1. The minimum absolute atomic E-state index is 0.235. The normalized spacial score (nSPS) is 15.2. The molecular weight excluding hydrogens is 307 g/mol. The number of piperazine rings is 1. The van der Waals surface area contributed by atoms with Crippen molar-refractivity contribution in [3.8, 4) is 0 Å². The fourth-order valence-corrected chi connectivity index (χ4v) is 2.78. The summed E-state index contributed by atoms with van der Waals surface area (Å²) in [5.74, 6) is -0.355. The van der Waals surface area contributed by atoms with E-state index in [-0.39, 0.29) is 11.8 Å². The highest BCUT2D eigenvalue weighted by molar-refractivity contribution is 5.93. The van der Waals surface area contributed by atoms with Crippen LogP contribution < -0.4 is 10.2 Å². The third-order valence-electron chi connectivity index (χ3n) is 4.17. The first-order valence-electron chi connectivity index (χ1n) is 8.34. The summed E-state index contributed by atoms with van der Waals surface area (Å²) >= 11 is 0. The van der Waals surface area contributed by atoms with Crippen molar-refractivity contribution in [2.24, 2.45) is 0 Å². The van der Waals surface area contributed by atoms with Gasteiger partial charge in [0.15, 0.2) is 0 Å². The van der Waals surface area contributed by atoms with Gasteiger partial charge in [0.2, 0.25) is 0 Å². The Hall–Kier alpha value is -2.08. The van der Waals surface area contributed by atoms with Crippen LogP contribution >= 0.6 is 0 Å². The first-order valence-corrected chi connectivity index (χ1v) is 8.34. The molecule has 6 heteroatoms. The number of carbonyl (C=O) groups excluding carboxylic acids is 1. The van der Waals surface area contributed by atoms with Gasteiger partial charge in [0.05, 0.1) is 11.4 Å². The number of carbonyl (C=O) groups is 1. The van der Waals surface area contributed by atoms with Crippen molar-refractivity contribution >= 4 is 17.4 Å². The third-order valence-corrected chi connectivity index (χ3v) is 4.17. The molecule has 2 amide bonds. The van der Waals surface area contributed by atoms with Crippen LogP contribution in [0.15, 0.2) is 30.4 Å². The Bertz CT molecular complexity index is 597. The van der Waals surface area contributed by atoms with Gasteiger partial charge in [-0.2, -0.15) is 0 Å². The van der Waals surface area contributed by atoms with E-state index < -0.39 is 0 Å². The fourth-order valence-electron chi connectivity index (χ4n) is 2.78. The average Bonchev–Trinajstić information content (AvgIpc) is 2.53. The Morgan fingerprint density at radius 3 is 2.58 bits per heavy atom. The lowest BCUT2D eigenvalue weighted by molar-refractivity contribution is 0.218. The Morgan fingerprint density at radius 2 is 2.00 bits per heavy atom. The predicted octanol–water partition coefficient (Wildman–Crippen LogP) is 3.01. The average molecular weight is 334 g/mol. The highest BCUT2D eigenvalue weighted by Crippen LogP contribution is 2.28. The molecule has 2 rings (SSSR count). The van der Waals surface area contributed by atoms with Gasteiger partial charge in [-0.1, -0.05) is 12.2 Å². The van der Waals surface area contributed by atoms with Crippen LogP contribution in [0.4, 0.5) is 20.6 Å². The van der Waals surface area contributed by atoms with Crippen molar-refractivity contribution in [1.29, 1.82) is 0 Å². The topological polar surface area (TPSA) is 38.8 Å². The lowest BCUT2D eigenvalue weighted by Gasteiger charge is -2.35. The zero-order valence-corrected chi connectivity index (χ0v) is 14.8. The van der Waals surface area contributed by atoms with Gasteiger partial charge in [-0.05, 0) is 39.1 Å². The summed E-state index contributed by atoms with van der Waals surface area (Å²) in [6.45, 7) is 12.3. The van der Waals surface area contributed by atoms with Crippen LogP contribution in [0.2, 0.25) is 0 Å². The van der Waals surface area contributed by atoms with Crippen LogP contribution in [0, 0.1) is 5.82 Å². The van der Waals surface area contributed by atoms with E-state index in [0.717, 1.165) is 37.4 Å². The van der Waals surface area contributed by atoms with Gasteiger partial charge in [0.1, 0.15) is 5.82 Å². The van der Waals surface area contributed by atoms with Crippen molar-refractivity contribution in [2.75, 3.05) is 56.5 Å². The summed E-state index contributed by atoms with van der Waals surface area (Å²) < 4.78 is 13.7. The molecule has 0 aliphatic carbocycles. The second-order valence-corrected chi connectivity index (χ2v) is 6.35. The summed E-state index contributed by atoms with van der Waals surface area (Å²) in [5.41, 5.74) is 2.29. The van der Waals surface area contributed by atoms with Gasteiger partial charge in [-0.3, -0.25) is 0 Å². The summed E-state index contributed by atoms with van der Waals surface area (Å²) in [4.78, 5) is 18.6. The SMILES string of the molecule is C=C(C)CN(CC)C(=O)Nc1cc(F)ccc1N1CCN(C)CC1. The standard InChI is InChI=1S/C18H27FN4O/c1-5-22(13-14(2)3)18(24)20-16-12-15(19)6-7-17(16)23-10-8-21(4)9-11-23/h6-7,12H,2,5,8-11,13H2,1,3-4H3,(H,20,24). The second kappa shape index (κ2) is 8.15. The van der Waals surface area contributed by atoms with Crippen LogP contribution in [-0.4, -0.2) is 62.1 Å². The Labute approximate surface area is 143 Å². The maximum absolute atomic E-state index is 13.7. The molecule has 132 valence electrons. The van der Waals surface area contributed by atoms with E-state index in [2.05, 4.69) is 28.7 Å². The number of nitrogens with one attached hydrogen (secondary N) is 1. The number of rotatable bonds is 5. The summed E-state index contributed by atoms with van der Waals surface area (Å²) in [7, 11) is 2.08. The molecule has 0 saturated carbocycles. The number of nitrogens with zero attached hydrogens (tertiary/aromatic N) is 3. The molecule has 1 aliphatic heterocycles. The van der Waals surface area contributed by atoms with Gasteiger partial charge in [-0.25, -0.2) is 9.18 Å². The van der Waals surface area contributed by atoms with E-state index in [1.165, 1.54) is 12.1 Å². The number of halogens is 1. The Kier molecular flexibility index (Phi) is 6.20. The van der Waals surface area contributed by atoms with Gasteiger partial charge in [-0.15, -0.1) is 0 Å². The number of hydrogen-bond acceptors (Lipinski definition) is 3. The molecule has 1 aliphatic rings. The van der Waals surface area contributed by atoms with Crippen LogP contribution in [0.3, 0.4) is 0 Å². The Balaban J connectivity index is 2.18. The number of likely N-dealkylation sites (N-methyl/N-ethyl adjacent to an activating group) is 2. The van der Waals surface area contributed by atoms with Crippen molar-refractivity contribution in [3.63, 3.8) is 0 Å². The molecule has 0 bridgehead atoms.